The molecule has 7 heteroatoms. The fraction of sp³-hybridized carbons (Fsp3) is 0.381. The Balaban J connectivity index is 1.50. The van der Waals surface area contributed by atoms with Crippen LogP contribution in [0.3, 0.4) is 0 Å². The number of fused-ring (bicyclic) bond motifs is 1. The van der Waals surface area contributed by atoms with Gasteiger partial charge in [0.15, 0.2) is 18.7 Å². The molecule has 0 unspecified atom stereocenters. The van der Waals surface area contributed by atoms with E-state index in [2.05, 4.69) is 0 Å². The van der Waals surface area contributed by atoms with E-state index in [0.29, 0.717) is 5.56 Å². The van der Waals surface area contributed by atoms with Crippen molar-refractivity contribution in [2.24, 2.45) is 0 Å². The Kier molecular flexibility index (Phi) is 5.70. The summed E-state index contributed by atoms with van der Waals surface area (Å²) in [6, 6.07) is 18.0. The van der Waals surface area contributed by atoms with E-state index in [4.69, 9.17) is 23.7 Å². The lowest BCUT2D eigenvalue weighted by molar-refractivity contribution is -0.357. The molecule has 0 saturated carbocycles. The second-order valence-electron chi connectivity index (χ2n) is 6.68. The summed E-state index contributed by atoms with van der Waals surface area (Å²) in [5.74, 6) is -0.569. The lowest BCUT2D eigenvalue weighted by atomic mass is 9.97. The first kappa shape index (κ1) is 19.0. The van der Waals surface area contributed by atoms with E-state index >= 15 is 0 Å². The molecule has 2 aliphatic rings. The molecule has 0 radical (unpaired) electrons. The predicted molar refractivity (Wildman–Crippen MR) is 97.3 cm³/mol. The summed E-state index contributed by atoms with van der Waals surface area (Å²) in [6.07, 6.45) is -4.99. The van der Waals surface area contributed by atoms with Crippen LogP contribution in [0, 0.1) is 0 Å². The SMILES string of the molecule is CO[C@H]1O[C@H]2CO[C@H](c3ccccc3)O[C@H]2[C@@H](O)[C@H]1OC(=O)c1ccccc1. The molecular formula is C21H22O7. The second-order valence-corrected chi connectivity index (χ2v) is 6.68. The minimum atomic E-state index is -1.13. The summed E-state index contributed by atoms with van der Waals surface area (Å²) < 4.78 is 28.4. The summed E-state index contributed by atoms with van der Waals surface area (Å²) in [5.41, 5.74) is 1.21. The third kappa shape index (κ3) is 3.80. The van der Waals surface area contributed by atoms with E-state index in [-0.39, 0.29) is 6.61 Å². The number of hydrogen-bond acceptors (Lipinski definition) is 7. The molecule has 2 aromatic carbocycles. The highest BCUT2D eigenvalue weighted by Crippen LogP contribution is 2.35. The Morgan fingerprint density at radius 2 is 1.71 bits per heavy atom. The van der Waals surface area contributed by atoms with Crippen LogP contribution in [0.2, 0.25) is 0 Å². The van der Waals surface area contributed by atoms with Gasteiger partial charge < -0.3 is 28.8 Å². The van der Waals surface area contributed by atoms with Gasteiger partial charge in [0, 0.05) is 12.7 Å². The summed E-state index contributed by atoms with van der Waals surface area (Å²) in [6.45, 7) is 0.223. The smallest absolute Gasteiger partial charge is 0.338 e. The maximum atomic E-state index is 12.5. The van der Waals surface area contributed by atoms with Crippen LogP contribution in [0.1, 0.15) is 22.2 Å². The first-order valence-electron chi connectivity index (χ1n) is 9.11. The number of benzene rings is 2. The van der Waals surface area contributed by atoms with E-state index in [1.807, 2.05) is 30.3 Å². The van der Waals surface area contributed by atoms with Crippen molar-refractivity contribution in [2.75, 3.05) is 13.7 Å². The maximum Gasteiger partial charge on any atom is 0.338 e. The van der Waals surface area contributed by atoms with Crippen molar-refractivity contribution in [1.29, 1.82) is 0 Å². The van der Waals surface area contributed by atoms with Crippen LogP contribution < -0.4 is 0 Å². The van der Waals surface area contributed by atoms with Gasteiger partial charge in [-0.2, -0.15) is 0 Å². The summed E-state index contributed by atoms with van der Waals surface area (Å²) in [4.78, 5) is 12.5. The molecule has 2 saturated heterocycles. The molecule has 148 valence electrons. The molecule has 2 fully saturated rings. The molecule has 7 nitrogen and oxygen atoms in total. The van der Waals surface area contributed by atoms with Gasteiger partial charge in [0.2, 0.25) is 0 Å². The van der Waals surface area contributed by atoms with Crippen LogP contribution >= 0.6 is 0 Å². The van der Waals surface area contributed by atoms with E-state index in [0.717, 1.165) is 5.56 Å². The van der Waals surface area contributed by atoms with Gasteiger partial charge in [-0.25, -0.2) is 4.79 Å². The van der Waals surface area contributed by atoms with E-state index in [9.17, 15) is 9.90 Å². The van der Waals surface area contributed by atoms with E-state index < -0.39 is 43.0 Å². The first-order chi connectivity index (χ1) is 13.7. The highest BCUT2D eigenvalue weighted by molar-refractivity contribution is 5.89. The van der Waals surface area contributed by atoms with Gasteiger partial charge in [-0.1, -0.05) is 48.5 Å². The third-order valence-electron chi connectivity index (χ3n) is 4.87. The van der Waals surface area contributed by atoms with Crippen molar-refractivity contribution in [3.8, 4) is 0 Å². The predicted octanol–water partition coefficient (Wildman–Crippen LogP) is 2.06. The zero-order valence-corrected chi connectivity index (χ0v) is 15.3. The zero-order valence-electron chi connectivity index (χ0n) is 15.3. The lowest BCUT2D eigenvalue weighted by Gasteiger charge is -2.46. The van der Waals surface area contributed by atoms with Crippen LogP contribution in [0.25, 0.3) is 0 Å². The molecule has 6 atom stereocenters. The molecular weight excluding hydrogens is 364 g/mol. The molecule has 0 amide bonds. The van der Waals surface area contributed by atoms with Gasteiger partial charge in [0.1, 0.15) is 18.3 Å². The number of methoxy groups -OCH3 is 1. The molecule has 2 aliphatic heterocycles. The van der Waals surface area contributed by atoms with Crippen LogP contribution in [0.15, 0.2) is 60.7 Å². The summed E-state index contributed by atoms with van der Waals surface area (Å²) in [5, 5.41) is 10.9. The molecule has 0 spiro atoms. The lowest BCUT2D eigenvalue weighted by Crippen LogP contribution is -2.63. The summed E-state index contributed by atoms with van der Waals surface area (Å²) >= 11 is 0. The molecule has 0 aliphatic carbocycles. The maximum absolute atomic E-state index is 12.5. The normalized spacial score (nSPS) is 32.4. The van der Waals surface area contributed by atoms with Crippen molar-refractivity contribution in [3.63, 3.8) is 0 Å². The Bertz CT molecular complexity index is 782. The molecule has 28 heavy (non-hydrogen) atoms. The summed E-state index contributed by atoms with van der Waals surface area (Å²) in [7, 11) is 1.43. The highest BCUT2D eigenvalue weighted by atomic mass is 16.8. The molecule has 4 rings (SSSR count). The Hall–Kier alpha value is -2.29. The minimum absolute atomic E-state index is 0.223. The fourth-order valence-electron chi connectivity index (χ4n) is 3.43. The fourth-order valence-corrected chi connectivity index (χ4v) is 3.43. The number of aliphatic hydroxyl groups excluding tert-OH is 1. The van der Waals surface area contributed by atoms with Crippen molar-refractivity contribution in [2.45, 2.75) is 37.0 Å². The number of carbonyl (C=O) groups excluding carboxylic acids is 1. The first-order valence-corrected chi connectivity index (χ1v) is 9.11. The number of carbonyl (C=O) groups is 1. The quantitative estimate of drug-likeness (QED) is 0.806. The number of aliphatic hydroxyl groups is 1. The molecule has 0 bridgehead atoms. The Morgan fingerprint density at radius 3 is 2.39 bits per heavy atom. The largest absolute Gasteiger partial charge is 0.450 e. The zero-order chi connectivity index (χ0) is 19.5. The van der Waals surface area contributed by atoms with Gasteiger partial charge in [0.25, 0.3) is 0 Å². The number of esters is 1. The van der Waals surface area contributed by atoms with Gasteiger partial charge in [0.05, 0.1) is 12.2 Å². The van der Waals surface area contributed by atoms with Crippen LogP contribution in [0.5, 0.6) is 0 Å². The molecule has 2 aromatic rings. The standard InChI is InChI=1S/C21H22O7/c1-24-21-18(27-19(23)13-8-4-2-5-9-13)16(22)17-15(26-21)12-25-20(28-17)14-10-6-3-7-11-14/h2-11,15-18,20-22H,12H2,1H3/t15-,16+,17+,18+,20-,21-/m0/s1. The van der Waals surface area contributed by atoms with Crippen LogP contribution in [0.4, 0.5) is 0 Å². The van der Waals surface area contributed by atoms with Crippen molar-refractivity contribution in [3.05, 3.63) is 71.8 Å². The number of ether oxygens (including phenoxy) is 5. The van der Waals surface area contributed by atoms with Crippen molar-refractivity contribution >= 4 is 5.97 Å². The third-order valence-corrected chi connectivity index (χ3v) is 4.87. The average Bonchev–Trinajstić information content (AvgIpc) is 2.76. The minimum Gasteiger partial charge on any atom is -0.450 e. The average molecular weight is 386 g/mol. The molecule has 0 aromatic heterocycles. The van der Waals surface area contributed by atoms with Gasteiger partial charge in [-0.05, 0) is 12.1 Å². The van der Waals surface area contributed by atoms with E-state index in [1.54, 1.807) is 30.3 Å². The van der Waals surface area contributed by atoms with Crippen LogP contribution in [-0.2, 0) is 23.7 Å². The Morgan fingerprint density at radius 1 is 1.04 bits per heavy atom. The monoisotopic (exact) mass is 386 g/mol. The number of rotatable bonds is 4. The second kappa shape index (κ2) is 8.38. The Labute approximate surface area is 162 Å². The van der Waals surface area contributed by atoms with E-state index in [1.165, 1.54) is 7.11 Å². The van der Waals surface area contributed by atoms with Gasteiger partial charge in [-0.15, -0.1) is 0 Å². The van der Waals surface area contributed by atoms with Crippen molar-refractivity contribution in [1.82, 2.24) is 0 Å². The molecule has 2 heterocycles. The van der Waals surface area contributed by atoms with Gasteiger partial charge >= 0.3 is 5.97 Å². The topological polar surface area (TPSA) is 83.5 Å². The number of hydrogen-bond donors (Lipinski definition) is 1. The van der Waals surface area contributed by atoms with Crippen LogP contribution in [-0.4, -0.2) is 55.5 Å². The molecule has 1 N–H and O–H groups in total. The van der Waals surface area contributed by atoms with Crippen molar-refractivity contribution < 1.29 is 33.6 Å². The van der Waals surface area contributed by atoms with Gasteiger partial charge in [-0.3, -0.25) is 0 Å². The highest BCUT2D eigenvalue weighted by Gasteiger charge is 2.51.